The van der Waals surface area contributed by atoms with Crippen molar-refractivity contribution in [2.75, 3.05) is 6.61 Å². The number of rotatable bonds is 6. The summed E-state index contributed by atoms with van der Waals surface area (Å²) >= 11 is 0. The molecule has 4 aliphatic carbocycles. The average Bonchev–Trinajstić information content (AvgIpc) is 3.22. The fourth-order valence-electron chi connectivity index (χ4n) is 7.30. The molecule has 0 radical (unpaired) electrons. The van der Waals surface area contributed by atoms with Crippen LogP contribution in [0.3, 0.4) is 0 Å². The highest BCUT2D eigenvalue weighted by Crippen LogP contribution is 2.71. The largest absolute Gasteiger partial charge is 0.455 e. The van der Waals surface area contributed by atoms with Crippen molar-refractivity contribution in [3.8, 4) is 0 Å². The maximum Gasteiger partial charge on any atom is 0.306 e. The molecule has 6 nitrogen and oxygen atoms in total. The van der Waals surface area contributed by atoms with E-state index in [1.54, 1.807) is 19.1 Å². The summed E-state index contributed by atoms with van der Waals surface area (Å²) in [5.74, 6) is -0.880. The minimum atomic E-state index is -2.04. The molecule has 0 heterocycles. The Hall–Kier alpha value is -1.50. The molecule has 178 valence electrons. The molecular formula is C26H38O6. The Labute approximate surface area is 190 Å². The number of aliphatic hydroxyl groups excluding tert-OH is 2. The molecule has 6 heteroatoms. The molecule has 0 amide bonds. The molecule has 32 heavy (non-hydrogen) atoms. The Kier molecular flexibility index (Phi) is 5.75. The Balaban J connectivity index is 1.80. The van der Waals surface area contributed by atoms with Gasteiger partial charge in [0.05, 0.1) is 12.0 Å². The van der Waals surface area contributed by atoms with Gasteiger partial charge in [-0.2, -0.15) is 0 Å². The summed E-state index contributed by atoms with van der Waals surface area (Å²) in [4.78, 5) is 26.8. The fourth-order valence-corrected chi connectivity index (χ4v) is 7.30. The Morgan fingerprint density at radius 3 is 2.59 bits per heavy atom. The second-order valence-electron chi connectivity index (χ2n) is 11.2. The molecule has 4 rings (SSSR count). The molecule has 0 unspecified atom stereocenters. The number of hydrogen-bond acceptors (Lipinski definition) is 6. The number of ketones is 1. The summed E-state index contributed by atoms with van der Waals surface area (Å²) in [6, 6.07) is 0. The van der Waals surface area contributed by atoms with Gasteiger partial charge in [0.25, 0.3) is 0 Å². The van der Waals surface area contributed by atoms with E-state index in [9.17, 15) is 24.9 Å². The molecule has 0 aromatic rings. The number of unbranched alkanes of at least 4 members (excludes halogenated alkanes) is 2. The van der Waals surface area contributed by atoms with Gasteiger partial charge < -0.3 is 20.1 Å². The first kappa shape index (κ1) is 23.7. The standard InChI is InChI=1S/C26H38O6/c1-6-7-8-9-19(28)32-23-14(2)12-25-15(3)10-18-20(24(18,4)5)17(22(25)30)11-16(13-27)21(29)26(23,25)31/h11-12,15,17-18,20-21,23,27,29,31H,6-10,13H2,1-5H3/t15-,17-,18-,20+,21-,23+,25+,26+/m1/s1. The van der Waals surface area contributed by atoms with Gasteiger partial charge in [0.2, 0.25) is 0 Å². The number of esters is 1. The number of carbonyl (C=O) groups is 2. The predicted molar refractivity (Wildman–Crippen MR) is 119 cm³/mol. The van der Waals surface area contributed by atoms with Gasteiger partial charge in [-0.3, -0.25) is 9.59 Å². The number of Topliss-reactive ketones (excluding diaryl/α,β-unsaturated/α-hetero) is 1. The number of fused-ring (bicyclic) bond motifs is 3. The first-order valence-electron chi connectivity index (χ1n) is 12.1. The number of allylic oxidation sites excluding steroid dienone is 1. The van der Waals surface area contributed by atoms with E-state index in [2.05, 4.69) is 13.8 Å². The fraction of sp³-hybridized carbons (Fsp3) is 0.769. The van der Waals surface area contributed by atoms with E-state index in [1.165, 1.54) is 0 Å². The van der Waals surface area contributed by atoms with Crippen LogP contribution in [0.15, 0.2) is 23.3 Å². The molecule has 1 spiro atoms. The second-order valence-corrected chi connectivity index (χ2v) is 11.2. The zero-order valence-corrected chi connectivity index (χ0v) is 19.9. The van der Waals surface area contributed by atoms with Crippen molar-refractivity contribution >= 4 is 11.8 Å². The lowest BCUT2D eigenvalue weighted by molar-refractivity contribution is -0.203. The summed E-state index contributed by atoms with van der Waals surface area (Å²) in [5, 5.41) is 33.8. The van der Waals surface area contributed by atoms with Crippen LogP contribution in [0.25, 0.3) is 0 Å². The molecular weight excluding hydrogens is 408 g/mol. The molecule has 0 saturated heterocycles. The minimum absolute atomic E-state index is 0.0107. The first-order chi connectivity index (χ1) is 15.0. The summed E-state index contributed by atoms with van der Waals surface area (Å²) in [6.45, 7) is 9.63. The molecule has 2 fully saturated rings. The van der Waals surface area contributed by atoms with Gasteiger partial charge in [0.15, 0.2) is 17.5 Å². The Morgan fingerprint density at radius 2 is 1.97 bits per heavy atom. The van der Waals surface area contributed by atoms with Crippen LogP contribution in [-0.2, 0) is 14.3 Å². The van der Waals surface area contributed by atoms with Crippen LogP contribution in [0.2, 0.25) is 0 Å². The number of carbonyl (C=O) groups excluding carboxylic acids is 2. The van der Waals surface area contributed by atoms with Crippen LogP contribution in [-0.4, -0.2) is 51.5 Å². The van der Waals surface area contributed by atoms with E-state index in [0.29, 0.717) is 17.9 Å². The lowest BCUT2D eigenvalue weighted by Gasteiger charge is -2.48. The molecule has 4 aliphatic rings. The van der Waals surface area contributed by atoms with E-state index in [1.807, 2.05) is 13.8 Å². The molecule has 0 aromatic heterocycles. The lowest BCUT2D eigenvalue weighted by atomic mass is 9.59. The maximum atomic E-state index is 14.2. The summed E-state index contributed by atoms with van der Waals surface area (Å²) in [6.07, 6.45) is 4.36. The van der Waals surface area contributed by atoms with Crippen LogP contribution in [0.1, 0.15) is 66.7 Å². The van der Waals surface area contributed by atoms with Gasteiger partial charge in [0.1, 0.15) is 6.10 Å². The molecule has 3 N–H and O–H groups in total. The second kappa shape index (κ2) is 7.78. The summed E-state index contributed by atoms with van der Waals surface area (Å²) < 4.78 is 5.79. The van der Waals surface area contributed by atoms with Crippen molar-refractivity contribution in [2.24, 2.45) is 34.5 Å². The number of hydrogen-bond donors (Lipinski definition) is 3. The van der Waals surface area contributed by atoms with Crippen molar-refractivity contribution in [1.82, 2.24) is 0 Å². The van der Waals surface area contributed by atoms with Crippen LogP contribution in [0, 0.1) is 34.5 Å². The normalized spacial score (nSPS) is 43.9. The van der Waals surface area contributed by atoms with E-state index in [-0.39, 0.29) is 35.0 Å². The Bertz CT molecular complexity index is 872. The van der Waals surface area contributed by atoms with E-state index in [4.69, 9.17) is 4.74 Å². The average molecular weight is 447 g/mol. The zero-order valence-electron chi connectivity index (χ0n) is 19.9. The highest BCUT2D eigenvalue weighted by molar-refractivity contribution is 5.95. The SMILES string of the molecule is CCCCCC(=O)O[C@H]1C(C)=C[C@]23C(=O)[C@H](C=C(CO)[C@@H](O)[C@]12O)[C@H]1[C@@H](C[C@H]3C)C1(C)C. The van der Waals surface area contributed by atoms with Crippen LogP contribution >= 0.6 is 0 Å². The number of ether oxygens (including phenoxy) is 1. The zero-order chi connectivity index (χ0) is 23.6. The third-order valence-electron chi connectivity index (χ3n) is 9.13. The molecule has 0 aliphatic heterocycles. The van der Waals surface area contributed by atoms with Crippen molar-refractivity contribution in [3.05, 3.63) is 23.3 Å². The molecule has 2 bridgehead atoms. The van der Waals surface area contributed by atoms with Gasteiger partial charge in [-0.05, 0) is 54.1 Å². The topological polar surface area (TPSA) is 104 Å². The van der Waals surface area contributed by atoms with Crippen LogP contribution < -0.4 is 0 Å². The van der Waals surface area contributed by atoms with Crippen molar-refractivity contribution in [3.63, 3.8) is 0 Å². The van der Waals surface area contributed by atoms with Gasteiger partial charge in [-0.1, -0.05) is 52.7 Å². The molecule has 0 aromatic carbocycles. The van der Waals surface area contributed by atoms with E-state index in [0.717, 1.165) is 19.3 Å². The van der Waals surface area contributed by atoms with Gasteiger partial charge >= 0.3 is 5.97 Å². The maximum absolute atomic E-state index is 14.2. The van der Waals surface area contributed by atoms with Crippen LogP contribution in [0.5, 0.6) is 0 Å². The van der Waals surface area contributed by atoms with E-state index >= 15 is 0 Å². The van der Waals surface area contributed by atoms with Crippen molar-refractivity contribution < 1.29 is 29.6 Å². The van der Waals surface area contributed by atoms with Gasteiger partial charge in [-0.15, -0.1) is 0 Å². The van der Waals surface area contributed by atoms with Crippen molar-refractivity contribution in [2.45, 2.75) is 84.5 Å². The van der Waals surface area contributed by atoms with Gasteiger partial charge in [0, 0.05) is 12.3 Å². The molecule has 2 saturated carbocycles. The lowest BCUT2D eigenvalue weighted by Crippen LogP contribution is -2.65. The predicted octanol–water partition coefficient (Wildman–Crippen LogP) is 2.95. The quantitative estimate of drug-likeness (QED) is 0.329. The summed E-state index contributed by atoms with van der Waals surface area (Å²) in [7, 11) is 0. The highest BCUT2D eigenvalue weighted by Gasteiger charge is 2.76. The van der Waals surface area contributed by atoms with Gasteiger partial charge in [-0.25, -0.2) is 0 Å². The minimum Gasteiger partial charge on any atom is -0.455 e. The summed E-state index contributed by atoms with van der Waals surface area (Å²) in [5.41, 5.74) is -2.60. The third-order valence-corrected chi connectivity index (χ3v) is 9.13. The highest BCUT2D eigenvalue weighted by atomic mass is 16.6. The number of aliphatic hydroxyl groups is 3. The molecule has 8 atom stereocenters. The third kappa shape index (κ3) is 2.95. The van der Waals surface area contributed by atoms with Crippen molar-refractivity contribution in [1.29, 1.82) is 0 Å². The first-order valence-corrected chi connectivity index (χ1v) is 12.1. The monoisotopic (exact) mass is 446 g/mol. The van der Waals surface area contributed by atoms with E-state index < -0.39 is 41.7 Å². The smallest absolute Gasteiger partial charge is 0.306 e. The van der Waals surface area contributed by atoms with Crippen LogP contribution in [0.4, 0.5) is 0 Å². The Morgan fingerprint density at radius 1 is 1.28 bits per heavy atom.